The molecule has 2 aliphatic carbocycles. The van der Waals surface area contributed by atoms with Crippen LogP contribution < -0.4 is 4.74 Å². The molecule has 1 nitrogen and oxygen atoms in total. The van der Waals surface area contributed by atoms with E-state index in [2.05, 4.69) is 23.8 Å². The van der Waals surface area contributed by atoms with Gasteiger partial charge in [-0.1, -0.05) is 50.7 Å². The zero-order chi connectivity index (χ0) is 24.6. The number of ether oxygens (including phenoxy) is 1. The number of hydrogen-bond acceptors (Lipinski definition) is 1. The standard InChI is InChI=1S/C28H39F5O/c1-2-3-4-5-6-7-20-10-14-23(15-11-20)24-16-12-21(13-17-24)8-9-22-18-25(29)27(26(30)19-22)34-28(31,32)33/h2-3,18-21,23-24H,4-17H2,1H3/b3-2+/t20-,21-,23-,24-. The predicted molar refractivity (Wildman–Crippen MR) is 126 cm³/mol. The summed E-state index contributed by atoms with van der Waals surface area (Å²) in [6.45, 7) is 2.08. The topological polar surface area (TPSA) is 9.23 Å². The highest BCUT2D eigenvalue weighted by Gasteiger charge is 2.34. The number of halogens is 5. The molecule has 0 aliphatic heterocycles. The van der Waals surface area contributed by atoms with Crippen molar-refractivity contribution < 1.29 is 26.7 Å². The van der Waals surface area contributed by atoms with Gasteiger partial charge in [0.05, 0.1) is 0 Å². The fourth-order valence-corrected chi connectivity index (χ4v) is 6.10. The molecule has 0 saturated heterocycles. The van der Waals surface area contributed by atoms with Gasteiger partial charge in [0, 0.05) is 0 Å². The maximum absolute atomic E-state index is 13.9. The number of unbranched alkanes of at least 4 members (excludes halogenated alkanes) is 2. The van der Waals surface area contributed by atoms with Crippen molar-refractivity contribution in [1.29, 1.82) is 0 Å². The van der Waals surface area contributed by atoms with Crippen LogP contribution in [0.15, 0.2) is 24.3 Å². The molecule has 3 rings (SSSR count). The molecule has 0 atom stereocenters. The molecule has 0 unspecified atom stereocenters. The van der Waals surface area contributed by atoms with E-state index >= 15 is 0 Å². The quantitative estimate of drug-likeness (QED) is 0.182. The van der Waals surface area contributed by atoms with Crippen LogP contribution in [0.5, 0.6) is 5.75 Å². The minimum atomic E-state index is -5.12. The Morgan fingerprint density at radius 3 is 1.85 bits per heavy atom. The lowest BCUT2D eigenvalue weighted by Gasteiger charge is -2.38. The Morgan fingerprint density at radius 2 is 1.35 bits per heavy atom. The molecule has 0 aromatic heterocycles. The van der Waals surface area contributed by atoms with Crippen LogP contribution in [-0.4, -0.2) is 6.36 Å². The first-order chi connectivity index (χ1) is 16.2. The van der Waals surface area contributed by atoms with E-state index in [1.165, 1.54) is 64.2 Å². The van der Waals surface area contributed by atoms with Gasteiger partial charge in [-0.05, 0) is 99.7 Å². The summed E-state index contributed by atoms with van der Waals surface area (Å²) in [6.07, 6.45) is 16.0. The monoisotopic (exact) mass is 486 g/mol. The largest absolute Gasteiger partial charge is 0.573 e. The van der Waals surface area contributed by atoms with Gasteiger partial charge >= 0.3 is 6.36 Å². The van der Waals surface area contributed by atoms with Gasteiger partial charge < -0.3 is 4.74 Å². The normalized spacial score (nSPS) is 26.2. The lowest BCUT2D eigenvalue weighted by molar-refractivity contribution is -0.276. The average Bonchev–Trinajstić information content (AvgIpc) is 2.80. The SMILES string of the molecule is C/C=C/CCCC[C@H]1CC[C@H]([C@H]2CC[C@H](CCc3cc(F)c(OC(F)(F)F)c(F)c3)CC2)CC1. The fourth-order valence-electron chi connectivity index (χ4n) is 6.10. The van der Waals surface area contributed by atoms with Crippen LogP contribution in [0.1, 0.15) is 96.0 Å². The van der Waals surface area contributed by atoms with Crippen LogP contribution in [0.3, 0.4) is 0 Å². The van der Waals surface area contributed by atoms with Crippen molar-refractivity contribution in [2.24, 2.45) is 23.7 Å². The molecule has 2 saturated carbocycles. The van der Waals surface area contributed by atoms with E-state index in [0.29, 0.717) is 17.9 Å². The van der Waals surface area contributed by atoms with Gasteiger partial charge in [0.1, 0.15) is 0 Å². The summed E-state index contributed by atoms with van der Waals surface area (Å²) >= 11 is 0. The molecule has 0 heterocycles. The fraction of sp³-hybridized carbons (Fsp3) is 0.714. The van der Waals surface area contributed by atoms with Crippen LogP contribution >= 0.6 is 0 Å². The van der Waals surface area contributed by atoms with Crippen molar-refractivity contribution in [3.05, 3.63) is 41.5 Å². The van der Waals surface area contributed by atoms with Crippen LogP contribution in [0.2, 0.25) is 0 Å². The second-order valence-electron chi connectivity index (χ2n) is 10.4. The zero-order valence-electron chi connectivity index (χ0n) is 20.3. The molecule has 0 radical (unpaired) electrons. The Labute approximate surface area is 201 Å². The van der Waals surface area contributed by atoms with Crippen LogP contribution in [-0.2, 0) is 6.42 Å². The number of alkyl halides is 3. The van der Waals surface area contributed by atoms with Crippen LogP contribution in [0.25, 0.3) is 0 Å². The first-order valence-corrected chi connectivity index (χ1v) is 13.1. The van der Waals surface area contributed by atoms with Crippen molar-refractivity contribution in [2.75, 3.05) is 0 Å². The maximum Gasteiger partial charge on any atom is 0.573 e. The Morgan fingerprint density at radius 1 is 0.824 bits per heavy atom. The lowest BCUT2D eigenvalue weighted by Crippen LogP contribution is -2.26. The molecule has 192 valence electrons. The first-order valence-electron chi connectivity index (χ1n) is 13.1. The van der Waals surface area contributed by atoms with Gasteiger partial charge in [0.15, 0.2) is 11.6 Å². The van der Waals surface area contributed by atoms with Crippen molar-refractivity contribution >= 4 is 0 Å². The van der Waals surface area contributed by atoms with E-state index in [-0.39, 0.29) is 0 Å². The summed E-state index contributed by atoms with van der Waals surface area (Å²) < 4.78 is 68.3. The molecular formula is C28H39F5O. The number of allylic oxidation sites excluding steroid dienone is 2. The van der Waals surface area contributed by atoms with Crippen molar-refractivity contribution in [2.45, 2.75) is 103 Å². The van der Waals surface area contributed by atoms with Gasteiger partial charge in [-0.3, -0.25) is 0 Å². The second-order valence-corrected chi connectivity index (χ2v) is 10.4. The summed E-state index contributed by atoms with van der Waals surface area (Å²) in [4.78, 5) is 0. The Bertz CT molecular complexity index is 748. The third-order valence-electron chi connectivity index (χ3n) is 8.04. The third kappa shape index (κ3) is 8.57. The maximum atomic E-state index is 13.9. The molecule has 0 bridgehead atoms. The lowest BCUT2D eigenvalue weighted by atomic mass is 9.68. The number of aryl methyl sites for hydroxylation is 1. The average molecular weight is 487 g/mol. The zero-order valence-corrected chi connectivity index (χ0v) is 20.3. The molecule has 2 fully saturated rings. The van der Waals surface area contributed by atoms with E-state index in [1.54, 1.807) is 0 Å². The minimum Gasteiger partial charge on any atom is -0.399 e. The highest BCUT2D eigenvalue weighted by Crippen LogP contribution is 2.43. The predicted octanol–water partition coefficient (Wildman–Crippen LogP) is 9.55. The van der Waals surface area contributed by atoms with Crippen molar-refractivity contribution in [3.63, 3.8) is 0 Å². The second kappa shape index (κ2) is 12.9. The molecule has 6 heteroatoms. The van der Waals surface area contributed by atoms with Gasteiger partial charge in [-0.2, -0.15) is 0 Å². The number of benzene rings is 1. The summed E-state index contributed by atoms with van der Waals surface area (Å²) in [6, 6.07) is 1.93. The van der Waals surface area contributed by atoms with Crippen molar-refractivity contribution in [1.82, 2.24) is 0 Å². The number of hydrogen-bond donors (Lipinski definition) is 0. The van der Waals surface area contributed by atoms with E-state index in [0.717, 1.165) is 49.1 Å². The summed E-state index contributed by atoms with van der Waals surface area (Å²) in [7, 11) is 0. The van der Waals surface area contributed by atoms with Crippen molar-refractivity contribution in [3.8, 4) is 5.75 Å². The molecule has 2 aliphatic rings. The number of rotatable bonds is 10. The molecule has 1 aromatic rings. The molecule has 0 spiro atoms. The Balaban J connectivity index is 1.36. The summed E-state index contributed by atoms with van der Waals surface area (Å²) in [5, 5.41) is 0. The molecule has 0 amide bonds. The Kier molecular flexibility index (Phi) is 10.3. The van der Waals surface area contributed by atoms with Gasteiger partial charge in [0.25, 0.3) is 0 Å². The highest BCUT2D eigenvalue weighted by molar-refractivity contribution is 5.31. The van der Waals surface area contributed by atoms with E-state index < -0.39 is 23.7 Å². The van der Waals surface area contributed by atoms with Crippen LogP contribution in [0, 0.1) is 35.3 Å². The Hall–Kier alpha value is -1.59. The third-order valence-corrected chi connectivity index (χ3v) is 8.04. The summed E-state index contributed by atoms with van der Waals surface area (Å²) in [5.74, 6) is -0.895. The minimum absolute atomic E-state index is 0.385. The smallest absolute Gasteiger partial charge is 0.399 e. The van der Waals surface area contributed by atoms with Gasteiger partial charge in [0.2, 0.25) is 5.75 Å². The van der Waals surface area contributed by atoms with Crippen LogP contribution in [0.4, 0.5) is 22.0 Å². The van der Waals surface area contributed by atoms with Gasteiger partial charge in [-0.25, -0.2) is 8.78 Å². The van der Waals surface area contributed by atoms with Gasteiger partial charge in [-0.15, -0.1) is 13.2 Å². The summed E-state index contributed by atoms with van der Waals surface area (Å²) in [5.41, 5.74) is 0.385. The van der Waals surface area contributed by atoms with E-state index in [9.17, 15) is 22.0 Å². The van der Waals surface area contributed by atoms with E-state index in [4.69, 9.17) is 0 Å². The molecular weight excluding hydrogens is 447 g/mol. The molecule has 0 N–H and O–H groups in total. The molecule has 34 heavy (non-hydrogen) atoms. The first kappa shape index (κ1) is 27.0. The highest BCUT2D eigenvalue weighted by atomic mass is 19.4. The van der Waals surface area contributed by atoms with E-state index in [1.807, 2.05) is 0 Å². The molecule has 1 aromatic carbocycles.